The predicted octanol–water partition coefficient (Wildman–Crippen LogP) is 4.83. The van der Waals surface area contributed by atoms with Gasteiger partial charge in [0, 0.05) is 36.1 Å². The van der Waals surface area contributed by atoms with Crippen LogP contribution >= 0.6 is 11.6 Å². The molecule has 0 aliphatic rings. The SMILES string of the molecule is Cc1cc(N(C)C)c(C)c(Oc2c(C)cc(Cl)cc2C)n1. The first-order valence-electron chi connectivity index (χ1n) is 6.89. The lowest BCUT2D eigenvalue weighted by Gasteiger charge is -2.20. The maximum Gasteiger partial charge on any atom is 0.224 e. The van der Waals surface area contributed by atoms with Crippen molar-refractivity contribution >= 4 is 17.3 Å². The summed E-state index contributed by atoms with van der Waals surface area (Å²) in [6, 6.07) is 5.87. The molecule has 0 saturated heterocycles. The van der Waals surface area contributed by atoms with Crippen molar-refractivity contribution in [2.24, 2.45) is 0 Å². The molecule has 0 aliphatic carbocycles. The van der Waals surface area contributed by atoms with Crippen LogP contribution in [0.1, 0.15) is 22.4 Å². The van der Waals surface area contributed by atoms with Crippen LogP contribution in [0.15, 0.2) is 18.2 Å². The van der Waals surface area contributed by atoms with Gasteiger partial charge in [0.15, 0.2) is 0 Å². The number of anilines is 1. The summed E-state index contributed by atoms with van der Waals surface area (Å²) in [5.74, 6) is 1.47. The van der Waals surface area contributed by atoms with Crippen molar-refractivity contribution in [1.82, 2.24) is 4.98 Å². The number of rotatable bonds is 3. The van der Waals surface area contributed by atoms with Crippen molar-refractivity contribution in [3.05, 3.63) is 45.6 Å². The number of nitrogens with zero attached hydrogens (tertiary/aromatic N) is 2. The molecule has 0 fully saturated rings. The number of pyridine rings is 1. The van der Waals surface area contributed by atoms with Crippen molar-refractivity contribution < 1.29 is 4.74 Å². The van der Waals surface area contributed by atoms with Gasteiger partial charge in [0.25, 0.3) is 0 Å². The molecule has 0 radical (unpaired) electrons. The van der Waals surface area contributed by atoms with E-state index in [2.05, 4.69) is 16.0 Å². The molecule has 0 bridgehead atoms. The maximum atomic E-state index is 6.10. The molecule has 0 unspecified atom stereocenters. The molecule has 1 aromatic heterocycles. The lowest BCUT2D eigenvalue weighted by molar-refractivity contribution is 0.451. The van der Waals surface area contributed by atoms with Crippen LogP contribution < -0.4 is 9.64 Å². The van der Waals surface area contributed by atoms with Crippen molar-refractivity contribution in [2.45, 2.75) is 27.7 Å². The van der Waals surface area contributed by atoms with E-state index in [4.69, 9.17) is 16.3 Å². The first kappa shape index (κ1) is 15.6. The Morgan fingerprint density at radius 3 is 2.10 bits per heavy atom. The van der Waals surface area contributed by atoms with Crippen LogP contribution in [0.2, 0.25) is 5.02 Å². The van der Waals surface area contributed by atoms with Crippen LogP contribution in [0, 0.1) is 27.7 Å². The zero-order valence-corrected chi connectivity index (χ0v) is 14.2. The summed E-state index contributed by atoms with van der Waals surface area (Å²) in [4.78, 5) is 6.60. The minimum Gasteiger partial charge on any atom is -0.438 e. The third-order valence-corrected chi connectivity index (χ3v) is 3.65. The Balaban J connectivity index is 2.50. The van der Waals surface area contributed by atoms with E-state index in [1.807, 2.05) is 53.9 Å². The van der Waals surface area contributed by atoms with Crippen LogP contribution in [0.3, 0.4) is 0 Å². The van der Waals surface area contributed by atoms with E-state index in [9.17, 15) is 0 Å². The van der Waals surface area contributed by atoms with E-state index < -0.39 is 0 Å². The molecular formula is C17H21ClN2O. The summed E-state index contributed by atoms with van der Waals surface area (Å²) in [7, 11) is 4.04. The molecule has 0 aliphatic heterocycles. The molecule has 1 heterocycles. The normalized spacial score (nSPS) is 10.6. The van der Waals surface area contributed by atoms with E-state index in [0.717, 1.165) is 38.8 Å². The van der Waals surface area contributed by atoms with Gasteiger partial charge in [0.2, 0.25) is 5.88 Å². The summed E-state index contributed by atoms with van der Waals surface area (Å²) in [5, 5.41) is 0.722. The number of aromatic nitrogens is 1. The quantitative estimate of drug-likeness (QED) is 0.812. The predicted molar refractivity (Wildman–Crippen MR) is 89.0 cm³/mol. The highest BCUT2D eigenvalue weighted by Gasteiger charge is 2.14. The fourth-order valence-electron chi connectivity index (χ4n) is 2.41. The molecular weight excluding hydrogens is 284 g/mol. The van der Waals surface area contributed by atoms with Crippen LogP contribution in [0.5, 0.6) is 11.6 Å². The molecule has 2 aromatic rings. The number of aryl methyl sites for hydroxylation is 3. The lowest BCUT2D eigenvalue weighted by atomic mass is 10.1. The largest absolute Gasteiger partial charge is 0.438 e. The van der Waals surface area contributed by atoms with E-state index in [0.29, 0.717) is 5.88 Å². The number of hydrogen-bond acceptors (Lipinski definition) is 3. The van der Waals surface area contributed by atoms with Crippen LogP contribution in [0.25, 0.3) is 0 Å². The van der Waals surface area contributed by atoms with Crippen LogP contribution in [-0.4, -0.2) is 19.1 Å². The molecule has 0 saturated carbocycles. The van der Waals surface area contributed by atoms with E-state index in [1.165, 1.54) is 0 Å². The third kappa shape index (κ3) is 3.30. The van der Waals surface area contributed by atoms with E-state index >= 15 is 0 Å². The summed E-state index contributed by atoms with van der Waals surface area (Å²) in [6.45, 7) is 7.98. The van der Waals surface area contributed by atoms with Gasteiger partial charge in [-0.25, -0.2) is 4.98 Å². The van der Waals surface area contributed by atoms with Gasteiger partial charge in [0.1, 0.15) is 5.75 Å². The summed E-state index contributed by atoms with van der Waals surface area (Å²) < 4.78 is 6.10. The number of hydrogen-bond donors (Lipinski definition) is 0. The number of halogens is 1. The van der Waals surface area contributed by atoms with Crippen molar-refractivity contribution in [3.63, 3.8) is 0 Å². The summed E-state index contributed by atoms with van der Waals surface area (Å²) in [6.07, 6.45) is 0. The van der Waals surface area contributed by atoms with Gasteiger partial charge in [-0.05, 0) is 57.0 Å². The average Bonchev–Trinajstić information content (AvgIpc) is 2.36. The highest BCUT2D eigenvalue weighted by Crippen LogP contribution is 2.34. The van der Waals surface area contributed by atoms with Gasteiger partial charge < -0.3 is 9.64 Å². The Hall–Kier alpha value is -1.74. The van der Waals surface area contributed by atoms with Crippen molar-refractivity contribution in [2.75, 3.05) is 19.0 Å². The van der Waals surface area contributed by atoms with Crippen molar-refractivity contribution in [1.29, 1.82) is 0 Å². The molecule has 0 N–H and O–H groups in total. The zero-order valence-electron chi connectivity index (χ0n) is 13.4. The molecule has 3 nitrogen and oxygen atoms in total. The molecule has 0 atom stereocenters. The third-order valence-electron chi connectivity index (χ3n) is 3.43. The average molecular weight is 305 g/mol. The number of benzene rings is 1. The molecule has 2 rings (SSSR count). The smallest absolute Gasteiger partial charge is 0.224 e. The fourth-order valence-corrected chi connectivity index (χ4v) is 2.74. The minimum absolute atomic E-state index is 0.646. The van der Waals surface area contributed by atoms with Crippen molar-refractivity contribution in [3.8, 4) is 11.6 Å². The lowest BCUT2D eigenvalue weighted by Crippen LogP contribution is -2.12. The monoisotopic (exact) mass is 304 g/mol. The summed E-state index contributed by atoms with van der Waals surface area (Å²) in [5.41, 5.74) is 5.09. The highest BCUT2D eigenvalue weighted by atomic mass is 35.5. The Morgan fingerprint density at radius 2 is 1.57 bits per heavy atom. The highest BCUT2D eigenvalue weighted by molar-refractivity contribution is 6.30. The number of ether oxygens (including phenoxy) is 1. The topological polar surface area (TPSA) is 25.4 Å². The standard InChI is InChI=1S/C17H21ClN2O/c1-10-7-14(18)8-11(2)16(10)21-17-13(4)15(20(5)6)9-12(3)19-17/h7-9H,1-6H3. The van der Waals surface area contributed by atoms with Gasteiger partial charge in [0.05, 0.1) is 0 Å². The Morgan fingerprint density at radius 1 is 1.00 bits per heavy atom. The fraction of sp³-hybridized carbons (Fsp3) is 0.353. The molecule has 1 aromatic carbocycles. The first-order valence-corrected chi connectivity index (χ1v) is 7.27. The van der Waals surface area contributed by atoms with Gasteiger partial charge in [-0.3, -0.25) is 0 Å². The molecule has 21 heavy (non-hydrogen) atoms. The Labute approximate surface area is 131 Å². The van der Waals surface area contributed by atoms with Crippen LogP contribution in [-0.2, 0) is 0 Å². The molecule has 0 amide bonds. The van der Waals surface area contributed by atoms with Gasteiger partial charge in [-0.2, -0.15) is 0 Å². The van der Waals surface area contributed by atoms with Gasteiger partial charge in [-0.15, -0.1) is 0 Å². The summed E-state index contributed by atoms with van der Waals surface area (Å²) >= 11 is 6.07. The minimum atomic E-state index is 0.646. The Kier molecular flexibility index (Phi) is 4.43. The van der Waals surface area contributed by atoms with Crippen LogP contribution in [0.4, 0.5) is 5.69 Å². The molecule has 4 heteroatoms. The maximum absolute atomic E-state index is 6.10. The Bertz CT molecular complexity index is 658. The van der Waals surface area contributed by atoms with E-state index in [-0.39, 0.29) is 0 Å². The van der Waals surface area contributed by atoms with Gasteiger partial charge in [-0.1, -0.05) is 11.6 Å². The van der Waals surface area contributed by atoms with Gasteiger partial charge >= 0.3 is 0 Å². The first-order chi connectivity index (χ1) is 9.79. The second-order valence-corrected chi connectivity index (χ2v) is 6.01. The zero-order chi connectivity index (χ0) is 15.7. The molecule has 0 spiro atoms. The second-order valence-electron chi connectivity index (χ2n) is 5.58. The van der Waals surface area contributed by atoms with E-state index in [1.54, 1.807) is 0 Å². The molecule has 112 valence electrons. The second kappa shape index (κ2) is 5.94.